The van der Waals surface area contributed by atoms with Gasteiger partial charge in [0.05, 0.1) is 40.8 Å². The summed E-state index contributed by atoms with van der Waals surface area (Å²) in [4.78, 5) is 28.1. The number of benzene rings is 2. The molecule has 0 unspecified atom stereocenters. The van der Waals surface area contributed by atoms with Crippen molar-refractivity contribution in [2.24, 2.45) is 0 Å². The molecule has 4 rings (SSSR count). The second-order valence-electron chi connectivity index (χ2n) is 7.68. The summed E-state index contributed by atoms with van der Waals surface area (Å²) >= 11 is 5.40. The zero-order valence-electron chi connectivity index (χ0n) is 17.6. The van der Waals surface area contributed by atoms with Crippen molar-refractivity contribution in [3.63, 3.8) is 0 Å². The highest BCUT2D eigenvalue weighted by atomic mass is 32.1. The molecule has 0 radical (unpaired) electrons. The number of nitrogens with zero attached hydrogens (tertiary/aromatic N) is 3. The summed E-state index contributed by atoms with van der Waals surface area (Å²) in [6.07, 6.45) is 2.29. The lowest BCUT2D eigenvalue weighted by molar-refractivity contribution is -0.384. The van der Waals surface area contributed by atoms with Crippen LogP contribution in [-0.4, -0.2) is 55.3 Å². The van der Waals surface area contributed by atoms with Crippen LogP contribution in [0, 0.1) is 10.1 Å². The molecule has 168 valence electrons. The number of hydrogen-bond donors (Lipinski definition) is 2. The molecule has 2 heterocycles. The quantitative estimate of drug-likeness (QED) is 0.403. The number of carbonyl (C=O) groups excluding carboxylic acids is 1. The molecule has 2 N–H and O–H groups in total. The van der Waals surface area contributed by atoms with Gasteiger partial charge in [0.2, 0.25) is 0 Å². The normalized spacial score (nSPS) is 16.0. The minimum Gasteiger partial charge on any atom is -0.378 e. The Bertz CT molecular complexity index is 1020. The number of hydrogen-bond acceptors (Lipinski definition) is 7. The minimum atomic E-state index is -0.511. The number of nitrogens with one attached hydrogen (secondary N) is 2. The lowest BCUT2D eigenvalue weighted by Gasteiger charge is -2.30. The SMILES string of the molecule is O=C(NC(=S)Nc1ccccc1N1CCCC1)c1cc([N+](=O)[O-])ccc1N1CCOCC1. The molecule has 2 aromatic carbocycles. The maximum absolute atomic E-state index is 13.1. The van der Waals surface area contributed by atoms with Crippen LogP contribution in [0.5, 0.6) is 0 Å². The smallest absolute Gasteiger partial charge is 0.270 e. The molecule has 10 heteroatoms. The molecule has 32 heavy (non-hydrogen) atoms. The summed E-state index contributed by atoms with van der Waals surface area (Å²) in [5, 5.41) is 17.2. The monoisotopic (exact) mass is 455 g/mol. The molecule has 0 aliphatic carbocycles. The molecule has 0 spiro atoms. The number of non-ortho nitro benzene ring substituents is 1. The van der Waals surface area contributed by atoms with Gasteiger partial charge in [-0.05, 0) is 43.3 Å². The van der Waals surface area contributed by atoms with E-state index in [-0.39, 0.29) is 16.4 Å². The van der Waals surface area contributed by atoms with Crippen LogP contribution in [0.3, 0.4) is 0 Å². The first-order chi connectivity index (χ1) is 15.5. The first kappa shape index (κ1) is 22.0. The predicted octanol–water partition coefficient (Wildman–Crippen LogP) is 3.16. The number of ether oxygens (including phenoxy) is 1. The Hall–Kier alpha value is -3.24. The van der Waals surface area contributed by atoms with Crippen molar-refractivity contribution >= 4 is 46.0 Å². The van der Waals surface area contributed by atoms with Crippen molar-refractivity contribution < 1.29 is 14.5 Å². The van der Waals surface area contributed by atoms with Crippen molar-refractivity contribution in [1.29, 1.82) is 0 Å². The lowest BCUT2D eigenvalue weighted by Crippen LogP contribution is -2.39. The van der Waals surface area contributed by atoms with Crippen LogP contribution in [0.25, 0.3) is 0 Å². The van der Waals surface area contributed by atoms with E-state index in [0.717, 1.165) is 37.3 Å². The molecule has 9 nitrogen and oxygen atoms in total. The zero-order chi connectivity index (χ0) is 22.5. The Morgan fingerprint density at radius 3 is 2.41 bits per heavy atom. The number of para-hydroxylation sites is 2. The lowest BCUT2D eigenvalue weighted by atomic mass is 10.1. The van der Waals surface area contributed by atoms with Crippen LogP contribution in [-0.2, 0) is 4.74 Å². The van der Waals surface area contributed by atoms with E-state index in [9.17, 15) is 14.9 Å². The number of thiocarbonyl (C=S) groups is 1. The van der Waals surface area contributed by atoms with Crippen molar-refractivity contribution in [3.05, 3.63) is 58.1 Å². The van der Waals surface area contributed by atoms with Crippen molar-refractivity contribution in [2.45, 2.75) is 12.8 Å². The summed E-state index contributed by atoms with van der Waals surface area (Å²) < 4.78 is 5.38. The molecular weight excluding hydrogens is 430 g/mol. The van der Waals surface area contributed by atoms with Crippen molar-refractivity contribution in [2.75, 3.05) is 54.5 Å². The molecule has 0 saturated carbocycles. The van der Waals surface area contributed by atoms with Gasteiger partial charge < -0.3 is 19.9 Å². The van der Waals surface area contributed by atoms with E-state index < -0.39 is 10.8 Å². The van der Waals surface area contributed by atoms with E-state index >= 15 is 0 Å². The van der Waals surface area contributed by atoms with Crippen LogP contribution >= 0.6 is 12.2 Å². The molecule has 0 atom stereocenters. The van der Waals surface area contributed by atoms with Gasteiger partial charge >= 0.3 is 0 Å². The summed E-state index contributed by atoms with van der Waals surface area (Å²) in [6, 6.07) is 12.1. The first-order valence-corrected chi connectivity index (χ1v) is 11.0. The number of rotatable bonds is 5. The highest BCUT2D eigenvalue weighted by Crippen LogP contribution is 2.29. The summed E-state index contributed by atoms with van der Waals surface area (Å²) in [5.74, 6) is -0.494. The van der Waals surface area contributed by atoms with Gasteiger partial charge in [0.15, 0.2) is 5.11 Å². The number of amides is 1. The molecule has 2 aliphatic rings. The first-order valence-electron chi connectivity index (χ1n) is 10.6. The fourth-order valence-electron chi connectivity index (χ4n) is 4.04. The third-order valence-electron chi connectivity index (χ3n) is 5.61. The molecule has 2 fully saturated rings. The van der Waals surface area contributed by atoms with E-state index in [1.54, 1.807) is 6.07 Å². The molecular formula is C22H25N5O4S. The Morgan fingerprint density at radius 2 is 1.69 bits per heavy atom. The van der Waals surface area contributed by atoms with E-state index in [4.69, 9.17) is 17.0 Å². The Balaban J connectivity index is 1.53. The predicted molar refractivity (Wildman–Crippen MR) is 128 cm³/mol. The van der Waals surface area contributed by atoms with Gasteiger partial charge in [-0.25, -0.2) is 0 Å². The van der Waals surface area contributed by atoms with Gasteiger partial charge in [0.25, 0.3) is 11.6 Å². The molecule has 0 bridgehead atoms. The fourth-order valence-corrected chi connectivity index (χ4v) is 4.24. The van der Waals surface area contributed by atoms with E-state index in [1.807, 2.05) is 29.2 Å². The number of morpholine rings is 1. The molecule has 2 aromatic rings. The molecule has 2 aliphatic heterocycles. The van der Waals surface area contributed by atoms with Gasteiger partial charge in [-0.1, -0.05) is 12.1 Å². The maximum Gasteiger partial charge on any atom is 0.270 e. The Kier molecular flexibility index (Phi) is 6.81. The second kappa shape index (κ2) is 9.92. The average molecular weight is 456 g/mol. The Morgan fingerprint density at radius 1 is 1.00 bits per heavy atom. The molecule has 1 amide bonds. The molecule has 2 saturated heterocycles. The highest BCUT2D eigenvalue weighted by Gasteiger charge is 2.23. The third-order valence-corrected chi connectivity index (χ3v) is 5.82. The Labute approximate surface area is 191 Å². The van der Waals surface area contributed by atoms with Gasteiger partial charge in [-0.3, -0.25) is 20.2 Å². The van der Waals surface area contributed by atoms with Crippen LogP contribution in [0.4, 0.5) is 22.7 Å². The topological polar surface area (TPSA) is 100.0 Å². The number of nitro benzene ring substituents is 1. The fraction of sp³-hybridized carbons (Fsp3) is 0.364. The van der Waals surface area contributed by atoms with Gasteiger partial charge in [-0.2, -0.15) is 0 Å². The maximum atomic E-state index is 13.1. The summed E-state index contributed by atoms with van der Waals surface area (Å²) in [6.45, 7) is 4.23. The van der Waals surface area contributed by atoms with Crippen LogP contribution in [0.1, 0.15) is 23.2 Å². The van der Waals surface area contributed by atoms with Crippen molar-refractivity contribution in [3.8, 4) is 0 Å². The zero-order valence-corrected chi connectivity index (χ0v) is 18.4. The molecule has 0 aromatic heterocycles. The third kappa shape index (κ3) is 4.97. The minimum absolute atomic E-state index is 0.140. The number of nitro groups is 1. The second-order valence-corrected chi connectivity index (χ2v) is 8.09. The van der Waals surface area contributed by atoms with Crippen molar-refractivity contribution in [1.82, 2.24) is 5.32 Å². The number of carbonyl (C=O) groups is 1. The standard InChI is InChI=1S/C22H25N5O4S/c28-21(17-15-16(27(29)30)7-8-19(17)26-11-13-31-14-12-26)24-22(32)23-18-5-1-2-6-20(18)25-9-3-4-10-25/h1-2,5-8,15H,3-4,9-14H2,(H2,23,24,28,32). The van der Waals surface area contributed by atoms with E-state index in [2.05, 4.69) is 15.5 Å². The van der Waals surface area contributed by atoms with Gasteiger partial charge in [0, 0.05) is 38.3 Å². The largest absolute Gasteiger partial charge is 0.378 e. The van der Waals surface area contributed by atoms with Crippen LogP contribution in [0.2, 0.25) is 0 Å². The van der Waals surface area contributed by atoms with Crippen LogP contribution in [0.15, 0.2) is 42.5 Å². The van der Waals surface area contributed by atoms with E-state index in [1.165, 1.54) is 12.1 Å². The van der Waals surface area contributed by atoms with Gasteiger partial charge in [0.1, 0.15) is 0 Å². The van der Waals surface area contributed by atoms with E-state index in [0.29, 0.717) is 32.0 Å². The number of anilines is 3. The summed E-state index contributed by atoms with van der Waals surface area (Å²) in [5.41, 5.74) is 2.53. The highest BCUT2D eigenvalue weighted by molar-refractivity contribution is 7.80. The average Bonchev–Trinajstić information content (AvgIpc) is 3.34. The summed E-state index contributed by atoms with van der Waals surface area (Å²) in [7, 11) is 0. The van der Waals surface area contributed by atoms with Crippen LogP contribution < -0.4 is 20.4 Å². The van der Waals surface area contributed by atoms with Gasteiger partial charge in [-0.15, -0.1) is 0 Å².